The van der Waals surface area contributed by atoms with Crippen LogP contribution in [-0.4, -0.2) is 30.9 Å². The molecule has 1 atom stereocenters. The molecule has 1 unspecified atom stereocenters. The summed E-state index contributed by atoms with van der Waals surface area (Å²) < 4.78 is 5.40. The zero-order valence-electron chi connectivity index (χ0n) is 11.6. The smallest absolute Gasteiger partial charge is 0.233 e. The van der Waals surface area contributed by atoms with Crippen LogP contribution in [0.5, 0.6) is 0 Å². The van der Waals surface area contributed by atoms with E-state index in [0.717, 1.165) is 12.2 Å². The monoisotopic (exact) mass is 281 g/mol. The normalized spacial score (nSPS) is 12.4. The van der Waals surface area contributed by atoms with Crippen LogP contribution in [0, 0.1) is 5.92 Å². The second kappa shape index (κ2) is 8.99. The molecule has 0 aliphatic heterocycles. The lowest BCUT2D eigenvalue weighted by atomic mass is 10.1. The molecule has 0 spiro atoms. The third-order valence-corrected chi connectivity index (χ3v) is 2.99. The van der Waals surface area contributed by atoms with Crippen molar-refractivity contribution >= 4 is 18.5 Å². The molecule has 0 heterocycles. The number of ether oxygens (including phenoxy) is 1. The highest BCUT2D eigenvalue weighted by Gasteiger charge is 2.13. The Morgan fingerprint density at radius 2 is 2.00 bits per heavy atom. The van der Waals surface area contributed by atoms with E-state index in [9.17, 15) is 4.79 Å². The third-order valence-electron chi connectivity index (χ3n) is 2.57. The lowest BCUT2D eigenvalue weighted by Gasteiger charge is -2.12. The first-order valence-electron chi connectivity index (χ1n) is 6.67. The summed E-state index contributed by atoms with van der Waals surface area (Å²) in [6.45, 7) is 6.02. The predicted molar refractivity (Wildman–Crippen MR) is 81.6 cm³/mol. The van der Waals surface area contributed by atoms with Crippen molar-refractivity contribution in [2.75, 3.05) is 19.8 Å². The summed E-state index contributed by atoms with van der Waals surface area (Å²) in [6.07, 6.45) is 0.642. The molecule has 106 valence electrons. The molecular formula is C15H23NO2S. The van der Waals surface area contributed by atoms with E-state index in [1.807, 2.05) is 30.3 Å². The fourth-order valence-electron chi connectivity index (χ4n) is 1.61. The summed E-state index contributed by atoms with van der Waals surface area (Å²) in [4.78, 5) is 11.8. The van der Waals surface area contributed by atoms with Gasteiger partial charge in [-0.15, -0.1) is 0 Å². The lowest BCUT2D eigenvalue weighted by molar-refractivity contribution is -0.120. The van der Waals surface area contributed by atoms with Crippen molar-refractivity contribution in [2.24, 2.45) is 5.92 Å². The maximum absolute atomic E-state index is 11.8. The van der Waals surface area contributed by atoms with E-state index in [-0.39, 0.29) is 11.2 Å². The van der Waals surface area contributed by atoms with Gasteiger partial charge in [-0.2, -0.15) is 12.6 Å². The van der Waals surface area contributed by atoms with Crippen molar-refractivity contribution in [1.82, 2.24) is 5.32 Å². The molecule has 1 aromatic rings. The summed E-state index contributed by atoms with van der Waals surface area (Å²) in [5.74, 6) is 0.478. The van der Waals surface area contributed by atoms with Crippen LogP contribution in [0.3, 0.4) is 0 Å². The van der Waals surface area contributed by atoms with Gasteiger partial charge in [0, 0.05) is 13.2 Å². The van der Waals surface area contributed by atoms with Gasteiger partial charge in [-0.3, -0.25) is 4.79 Å². The van der Waals surface area contributed by atoms with Crippen LogP contribution in [0.15, 0.2) is 30.3 Å². The summed E-state index contributed by atoms with van der Waals surface area (Å²) in [7, 11) is 0. The molecule has 0 aliphatic rings. The van der Waals surface area contributed by atoms with E-state index in [1.165, 1.54) is 0 Å². The van der Waals surface area contributed by atoms with Crippen molar-refractivity contribution in [1.29, 1.82) is 0 Å². The van der Waals surface area contributed by atoms with Gasteiger partial charge in [-0.25, -0.2) is 0 Å². The fourth-order valence-corrected chi connectivity index (χ4v) is 1.92. The topological polar surface area (TPSA) is 38.3 Å². The molecule has 1 N–H and O–H groups in total. The van der Waals surface area contributed by atoms with Crippen molar-refractivity contribution in [3.05, 3.63) is 35.9 Å². The van der Waals surface area contributed by atoms with Crippen LogP contribution in [0.4, 0.5) is 0 Å². The molecule has 1 aromatic carbocycles. The SMILES string of the molecule is CC(C)COCCNC(=O)C(S)Cc1ccccc1. The third kappa shape index (κ3) is 7.23. The van der Waals surface area contributed by atoms with Crippen LogP contribution in [0.1, 0.15) is 19.4 Å². The van der Waals surface area contributed by atoms with Gasteiger partial charge < -0.3 is 10.1 Å². The molecule has 3 nitrogen and oxygen atoms in total. The maximum Gasteiger partial charge on any atom is 0.233 e. The molecule has 0 fully saturated rings. The van der Waals surface area contributed by atoms with Gasteiger partial charge in [-0.05, 0) is 17.9 Å². The Balaban J connectivity index is 2.18. The van der Waals surface area contributed by atoms with Gasteiger partial charge >= 0.3 is 0 Å². The molecular weight excluding hydrogens is 258 g/mol. The molecule has 0 saturated carbocycles. The van der Waals surface area contributed by atoms with Crippen LogP contribution >= 0.6 is 12.6 Å². The summed E-state index contributed by atoms with van der Waals surface area (Å²) in [5, 5.41) is 2.52. The lowest BCUT2D eigenvalue weighted by Crippen LogP contribution is -2.35. The van der Waals surface area contributed by atoms with Crippen LogP contribution in [0.25, 0.3) is 0 Å². The number of benzene rings is 1. The molecule has 0 aliphatic carbocycles. The van der Waals surface area contributed by atoms with Gasteiger partial charge in [0.25, 0.3) is 0 Å². The van der Waals surface area contributed by atoms with Gasteiger partial charge in [0.1, 0.15) is 0 Å². The van der Waals surface area contributed by atoms with E-state index in [0.29, 0.717) is 25.5 Å². The van der Waals surface area contributed by atoms with E-state index >= 15 is 0 Å². The van der Waals surface area contributed by atoms with Crippen molar-refractivity contribution in [3.8, 4) is 0 Å². The average molecular weight is 281 g/mol. The molecule has 0 bridgehead atoms. The number of rotatable bonds is 8. The number of nitrogens with one attached hydrogen (secondary N) is 1. The molecule has 0 radical (unpaired) electrons. The summed E-state index contributed by atoms with van der Waals surface area (Å²) in [6, 6.07) is 9.90. The summed E-state index contributed by atoms with van der Waals surface area (Å²) in [5.41, 5.74) is 1.12. The summed E-state index contributed by atoms with van der Waals surface area (Å²) >= 11 is 4.34. The largest absolute Gasteiger partial charge is 0.379 e. The Labute approximate surface area is 121 Å². The number of thiol groups is 1. The number of hydrogen-bond donors (Lipinski definition) is 2. The van der Waals surface area contributed by atoms with Crippen molar-refractivity contribution in [2.45, 2.75) is 25.5 Å². The Morgan fingerprint density at radius 1 is 1.32 bits per heavy atom. The maximum atomic E-state index is 11.8. The zero-order chi connectivity index (χ0) is 14.1. The number of carbonyl (C=O) groups is 1. The molecule has 1 amide bonds. The van der Waals surface area contributed by atoms with E-state index < -0.39 is 0 Å². The Kier molecular flexibility index (Phi) is 7.60. The highest BCUT2D eigenvalue weighted by molar-refractivity contribution is 7.81. The molecule has 0 saturated heterocycles. The molecule has 1 rings (SSSR count). The molecule has 19 heavy (non-hydrogen) atoms. The number of hydrogen-bond acceptors (Lipinski definition) is 3. The minimum Gasteiger partial charge on any atom is -0.379 e. The van der Waals surface area contributed by atoms with Crippen molar-refractivity contribution < 1.29 is 9.53 Å². The van der Waals surface area contributed by atoms with E-state index in [2.05, 4.69) is 31.8 Å². The predicted octanol–water partition coefficient (Wildman–Crippen LogP) is 2.32. The Hall–Kier alpha value is -1.00. The first-order valence-corrected chi connectivity index (χ1v) is 7.18. The van der Waals surface area contributed by atoms with E-state index in [4.69, 9.17) is 4.74 Å². The number of carbonyl (C=O) groups excluding carboxylic acids is 1. The molecule has 0 aromatic heterocycles. The first-order chi connectivity index (χ1) is 9.09. The van der Waals surface area contributed by atoms with Crippen LogP contribution in [-0.2, 0) is 16.0 Å². The second-order valence-corrected chi connectivity index (χ2v) is 5.59. The zero-order valence-corrected chi connectivity index (χ0v) is 12.5. The highest BCUT2D eigenvalue weighted by Crippen LogP contribution is 2.07. The Bertz CT molecular complexity index is 368. The molecule has 4 heteroatoms. The number of amides is 1. The first kappa shape index (κ1) is 16.1. The van der Waals surface area contributed by atoms with Gasteiger partial charge in [0.05, 0.1) is 11.9 Å². The Morgan fingerprint density at radius 3 is 2.63 bits per heavy atom. The van der Waals surface area contributed by atoms with Crippen molar-refractivity contribution in [3.63, 3.8) is 0 Å². The average Bonchev–Trinajstić information content (AvgIpc) is 2.38. The standard InChI is InChI=1S/C15H23NO2S/c1-12(2)11-18-9-8-16-15(17)14(19)10-13-6-4-3-5-7-13/h3-7,12,14,19H,8-11H2,1-2H3,(H,16,17). The second-order valence-electron chi connectivity index (χ2n) is 4.97. The van der Waals surface area contributed by atoms with Crippen LogP contribution < -0.4 is 5.32 Å². The van der Waals surface area contributed by atoms with Gasteiger partial charge in [0.15, 0.2) is 0 Å². The van der Waals surface area contributed by atoms with Gasteiger partial charge in [0.2, 0.25) is 5.91 Å². The fraction of sp³-hybridized carbons (Fsp3) is 0.533. The van der Waals surface area contributed by atoms with E-state index in [1.54, 1.807) is 0 Å². The minimum absolute atomic E-state index is 0.0414. The highest BCUT2D eigenvalue weighted by atomic mass is 32.1. The minimum atomic E-state index is -0.313. The van der Waals surface area contributed by atoms with Gasteiger partial charge in [-0.1, -0.05) is 44.2 Å². The quantitative estimate of drug-likeness (QED) is 0.567. The van der Waals surface area contributed by atoms with Crippen LogP contribution in [0.2, 0.25) is 0 Å².